The first-order chi connectivity index (χ1) is 9.89. The second-order valence-corrected chi connectivity index (χ2v) is 6.25. The predicted molar refractivity (Wildman–Crippen MR) is 82.4 cm³/mol. The summed E-state index contributed by atoms with van der Waals surface area (Å²) in [6.07, 6.45) is 0.994. The molecule has 0 spiro atoms. The van der Waals surface area contributed by atoms with E-state index in [-0.39, 0.29) is 23.9 Å². The molecular weight excluding hydrogens is 338 g/mol. The number of nitrogens with one attached hydrogen (secondary N) is 2. The van der Waals surface area contributed by atoms with E-state index in [4.69, 9.17) is 0 Å². The summed E-state index contributed by atoms with van der Waals surface area (Å²) in [5.74, 6) is -3.85. The van der Waals surface area contributed by atoms with Crippen molar-refractivity contribution in [2.24, 2.45) is 0 Å². The van der Waals surface area contributed by atoms with Crippen molar-refractivity contribution in [3.63, 3.8) is 0 Å². The normalized spacial score (nSPS) is 11.1. The monoisotopic (exact) mass is 356 g/mol. The van der Waals surface area contributed by atoms with Gasteiger partial charge in [-0.15, -0.1) is 12.4 Å². The van der Waals surface area contributed by atoms with Gasteiger partial charge in [-0.1, -0.05) is 6.92 Å². The van der Waals surface area contributed by atoms with Crippen LogP contribution in [-0.2, 0) is 9.84 Å². The predicted octanol–water partition coefficient (Wildman–Crippen LogP) is 1.83. The van der Waals surface area contributed by atoms with Crippen molar-refractivity contribution in [3.05, 3.63) is 29.8 Å². The molecule has 22 heavy (non-hydrogen) atoms. The summed E-state index contributed by atoms with van der Waals surface area (Å²) in [4.78, 5) is 11.2. The van der Waals surface area contributed by atoms with Gasteiger partial charge in [0.25, 0.3) is 5.91 Å². The topological polar surface area (TPSA) is 75.3 Å². The number of halogens is 3. The first kappa shape index (κ1) is 20.8. The molecule has 0 radical (unpaired) electrons. The van der Waals surface area contributed by atoms with Gasteiger partial charge in [-0.25, -0.2) is 8.42 Å². The van der Waals surface area contributed by atoms with Gasteiger partial charge in [0.15, 0.2) is 0 Å². The number of benzene rings is 1. The molecule has 0 unspecified atom stereocenters. The average Bonchev–Trinajstić information content (AvgIpc) is 2.46. The van der Waals surface area contributed by atoms with Gasteiger partial charge < -0.3 is 10.6 Å². The summed E-state index contributed by atoms with van der Waals surface area (Å²) in [7, 11) is -4.62. The Bertz CT molecular complexity index is 565. The van der Waals surface area contributed by atoms with Gasteiger partial charge in [0, 0.05) is 18.7 Å². The first-order valence-electron chi connectivity index (χ1n) is 6.50. The van der Waals surface area contributed by atoms with E-state index >= 15 is 0 Å². The molecule has 9 heteroatoms. The molecule has 1 aromatic rings. The van der Waals surface area contributed by atoms with Gasteiger partial charge in [0.2, 0.25) is 9.84 Å². The van der Waals surface area contributed by atoms with Crippen LogP contribution in [0.1, 0.15) is 23.7 Å². The molecule has 0 atom stereocenters. The van der Waals surface area contributed by atoms with Gasteiger partial charge in [0.1, 0.15) is 0 Å². The summed E-state index contributed by atoms with van der Waals surface area (Å²) < 4.78 is 47.2. The Balaban J connectivity index is 0.00000441. The zero-order valence-electron chi connectivity index (χ0n) is 12.0. The third-order valence-electron chi connectivity index (χ3n) is 2.69. The summed E-state index contributed by atoms with van der Waals surface area (Å²) >= 11 is 0. The Morgan fingerprint density at radius 3 is 2.23 bits per heavy atom. The molecule has 0 aliphatic rings. The van der Waals surface area contributed by atoms with Crippen LogP contribution in [0.25, 0.3) is 0 Å². The lowest BCUT2D eigenvalue weighted by Crippen LogP contribution is -2.32. The van der Waals surface area contributed by atoms with E-state index < -0.39 is 20.5 Å². The molecule has 0 aliphatic heterocycles. The van der Waals surface area contributed by atoms with E-state index in [9.17, 15) is 22.0 Å². The number of amides is 1. The maximum Gasteiger partial charge on any atom is 0.341 e. The third-order valence-corrected chi connectivity index (χ3v) is 4.09. The minimum atomic E-state index is -4.62. The van der Waals surface area contributed by atoms with Crippen molar-refractivity contribution >= 4 is 28.2 Å². The van der Waals surface area contributed by atoms with Crippen LogP contribution >= 0.6 is 12.4 Å². The largest absolute Gasteiger partial charge is 0.351 e. The van der Waals surface area contributed by atoms with Crippen LogP contribution in [0.5, 0.6) is 0 Å². The van der Waals surface area contributed by atoms with Gasteiger partial charge in [0.05, 0.1) is 4.90 Å². The van der Waals surface area contributed by atoms with Crippen molar-refractivity contribution in [2.75, 3.05) is 19.6 Å². The van der Waals surface area contributed by atoms with Crippen LogP contribution in [0.15, 0.2) is 29.2 Å². The van der Waals surface area contributed by atoms with Crippen molar-refractivity contribution < 1.29 is 22.0 Å². The van der Waals surface area contributed by atoms with E-state index in [2.05, 4.69) is 10.6 Å². The second kappa shape index (κ2) is 9.70. The molecule has 2 N–H and O–H groups in total. The summed E-state index contributed by atoms with van der Waals surface area (Å²) in [6.45, 7) is 3.93. The lowest BCUT2D eigenvalue weighted by atomic mass is 10.2. The van der Waals surface area contributed by atoms with Crippen LogP contribution < -0.4 is 10.6 Å². The zero-order chi connectivity index (χ0) is 15.9. The molecule has 0 fully saturated rings. The van der Waals surface area contributed by atoms with Gasteiger partial charge >= 0.3 is 5.76 Å². The summed E-state index contributed by atoms with van der Waals surface area (Å²) in [5.41, 5.74) is 0.221. The SMILES string of the molecule is CCCNCCNC(=O)c1ccc(S(=O)(=O)C(F)F)cc1.Cl. The lowest BCUT2D eigenvalue weighted by molar-refractivity contribution is 0.0954. The van der Waals surface area contributed by atoms with Crippen LogP contribution in [0, 0.1) is 0 Å². The van der Waals surface area contributed by atoms with Crippen molar-refractivity contribution in [3.8, 4) is 0 Å². The Labute approximate surface area is 134 Å². The lowest BCUT2D eigenvalue weighted by Gasteiger charge is -2.07. The number of alkyl halides is 2. The number of carbonyl (C=O) groups excluding carboxylic acids is 1. The summed E-state index contributed by atoms with van der Waals surface area (Å²) in [5, 5.41) is 5.75. The molecule has 0 aliphatic carbocycles. The van der Waals surface area contributed by atoms with Crippen molar-refractivity contribution in [2.45, 2.75) is 24.0 Å². The Kier molecular flexibility index (Phi) is 9.15. The third kappa shape index (κ3) is 5.86. The Morgan fingerprint density at radius 1 is 1.14 bits per heavy atom. The van der Waals surface area contributed by atoms with Gasteiger partial charge in [-0.05, 0) is 37.2 Å². The maximum absolute atomic E-state index is 12.4. The molecule has 0 bridgehead atoms. The van der Waals surface area contributed by atoms with E-state index in [0.29, 0.717) is 13.1 Å². The average molecular weight is 357 g/mol. The van der Waals surface area contributed by atoms with Crippen LogP contribution in [0.2, 0.25) is 0 Å². The van der Waals surface area contributed by atoms with E-state index in [1.54, 1.807) is 0 Å². The molecule has 0 aromatic heterocycles. The molecule has 1 rings (SSSR count). The highest BCUT2D eigenvalue weighted by Crippen LogP contribution is 2.18. The van der Waals surface area contributed by atoms with E-state index in [0.717, 1.165) is 25.1 Å². The highest BCUT2D eigenvalue weighted by atomic mass is 35.5. The van der Waals surface area contributed by atoms with E-state index in [1.165, 1.54) is 12.1 Å². The van der Waals surface area contributed by atoms with Crippen LogP contribution in [0.3, 0.4) is 0 Å². The number of sulfone groups is 1. The maximum atomic E-state index is 12.4. The molecule has 1 amide bonds. The van der Waals surface area contributed by atoms with Gasteiger partial charge in [-0.2, -0.15) is 8.78 Å². The number of carbonyl (C=O) groups is 1. The quantitative estimate of drug-likeness (QED) is 0.697. The van der Waals surface area contributed by atoms with Gasteiger partial charge in [-0.3, -0.25) is 4.79 Å². The van der Waals surface area contributed by atoms with Crippen molar-refractivity contribution in [1.29, 1.82) is 0 Å². The fourth-order valence-electron chi connectivity index (χ4n) is 1.57. The fourth-order valence-corrected chi connectivity index (χ4v) is 2.29. The first-order valence-corrected chi connectivity index (χ1v) is 8.05. The molecule has 0 saturated heterocycles. The number of hydrogen-bond acceptors (Lipinski definition) is 4. The minimum Gasteiger partial charge on any atom is -0.351 e. The highest BCUT2D eigenvalue weighted by molar-refractivity contribution is 7.91. The fraction of sp³-hybridized carbons (Fsp3) is 0.462. The Hall–Kier alpha value is -1.25. The van der Waals surface area contributed by atoms with Crippen molar-refractivity contribution in [1.82, 2.24) is 10.6 Å². The standard InChI is InChI=1S/C13H18F2N2O3S.ClH/c1-2-7-16-8-9-17-12(18)10-3-5-11(6-4-10)21(19,20)13(14)15;/h3-6,13,16H,2,7-9H2,1H3,(H,17,18);1H. The molecule has 5 nitrogen and oxygen atoms in total. The molecular formula is C13H19ClF2N2O3S. The number of hydrogen-bond donors (Lipinski definition) is 2. The molecule has 1 aromatic carbocycles. The molecule has 126 valence electrons. The van der Waals surface area contributed by atoms with Crippen LogP contribution in [-0.4, -0.2) is 39.7 Å². The van der Waals surface area contributed by atoms with Crippen LogP contribution in [0.4, 0.5) is 8.78 Å². The highest BCUT2D eigenvalue weighted by Gasteiger charge is 2.26. The second-order valence-electron chi connectivity index (χ2n) is 4.34. The zero-order valence-corrected chi connectivity index (χ0v) is 13.6. The molecule has 0 saturated carbocycles. The summed E-state index contributed by atoms with van der Waals surface area (Å²) in [6, 6.07) is 4.44. The Morgan fingerprint density at radius 2 is 1.73 bits per heavy atom. The smallest absolute Gasteiger partial charge is 0.341 e. The number of rotatable bonds is 8. The van der Waals surface area contributed by atoms with E-state index in [1.807, 2.05) is 6.92 Å². The minimum absolute atomic E-state index is 0. The molecule has 0 heterocycles.